The summed E-state index contributed by atoms with van der Waals surface area (Å²) < 4.78 is 13.6. The molecule has 0 amide bonds. The van der Waals surface area contributed by atoms with E-state index in [0.29, 0.717) is 23.0 Å². The Morgan fingerprint density at radius 3 is 3.06 bits per heavy atom. The molecule has 4 heteroatoms. The van der Waals surface area contributed by atoms with Crippen LogP contribution < -0.4 is 5.32 Å². The fourth-order valence-electron chi connectivity index (χ4n) is 2.24. The molecule has 17 heavy (non-hydrogen) atoms. The van der Waals surface area contributed by atoms with E-state index >= 15 is 0 Å². The number of piperazine rings is 1. The van der Waals surface area contributed by atoms with Gasteiger partial charge in [-0.3, -0.25) is 4.90 Å². The molecule has 1 aromatic rings. The highest BCUT2D eigenvalue weighted by Gasteiger charge is 2.18. The minimum atomic E-state index is -0.194. The Balaban J connectivity index is 1.97. The molecule has 0 bridgehead atoms. The van der Waals surface area contributed by atoms with Crippen LogP contribution >= 0.6 is 11.6 Å². The van der Waals surface area contributed by atoms with Gasteiger partial charge in [-0.05, 0) is 25.5 Å². The molecule has 0 spiro atoms. The van der Waals surface area contributed by atoms with E-state index in [1.54, 1.807) is 12.1 Å². The Morgan fingerprint density at radius 2 is 2.35 bits per heavy atom. The number of rotatable bonds is 3. The van der Waals surface area contributed by atoms with E-state index in [-0.39, 0.29) is 5.82 Å². The van der Waals surface area contributed by atoms with E-state index in [9.17, 15) is 4.39 Å². The predicted octanol–water partition coefficient (Wildman–Crippen LogP) is 2.32. The van der Waals surface area contributed by atoms with Crippen LogP contribution in [0.4, 0.5) is 4.39 Å². The van der Waals surface area contributed by atoms with Gasteiger partial charge in [-0.2, -0.15) is 0 Å². The second-order valence-electron chi connectivity index (χ2n) is 4.54. The molecular formula is C13H18ClFN2. The lowest BCUT2D eigenvalue weighted by Gasteiger charge is -2.33. The third-order valence-electron chi connectivity index (χ3n) is 3.35. The summed E-state index contributed by atoms with van der Waals surface area (Å²) in [5.41, 5.74) is 0.639. The van der Waals surface area contributed by atoms with E-state index in [1.807, 2.05) is 0 Å². The molecule has 1 heterocycles. The summed E-state index contributed by atoms with van der Waals surface area (Å²) in [6, 6.07) is 5.38. The first-order chi connectivity index (χ1) is 8.18. The maximum atomic E-state index is 13.6. The molecule has 1 unspecified atom stereocenters. The second-order valence-corrected chi connectivity index (χ2v) is 4.95. The number of halogens is 2. The second kappa shape index (κ2) is 5.80. The summed E-state index contributed by atoms with van der Waals surface area (Å²) in [5, 5.41) is 3.88. The first kappa shape index (κ1) is 12.8. The molecule has 0 aliphatic carbocycles. The van der Waals surface area contributed by atoms with E-state index in [4.69, 9.17) is 11.6 Å². The molecule has 0 aromatic heterocycles. The lowest BCUT2D eigenvalue weighted by atomic mass is 10.1. The van der Waals surface area contributed by atoms with Gasteiger partial charge in [-0.15, -0.1) is 0 Å². The number of benzene rings is 1. The minimum Gasteiger partial charge on any atom is -0.314 e. The summed E-state index contributed by atoms with van der Waals surface area (Å²) in [6.45, 7) is 6.09. The molecule has 1 fully saturated rings. The van der Waals surface area contributed by atoms with Crippen molar-refractivity contribution >= 4 is 11.6 Å². The van der Waals surface area contributed by atoms with Gasteiger partial charge in [-0.25, -0.2) is 4.39 Å². The van der Waals surface area contributed by atoms with Crippen molar-refractivity contribution in [3.63, 3.8) is 0 Å². The molecule has 1 N–H and O–H groups in total. The maximum Gasteiger partial charge on any atom is 0.127 e. The van der Waals surface area contributed by atoms with Crippen molar-refractivity contribution < 1.29 is 4.39 Å². The first-order valence-corrected chi connectivity index (χ1v) is 6.44. The Kier molecular flexibility index (Phi) is 4.37. The van der Waals surface area contributed by atoms with E-state index in [0.717, 1.165) is 26.2 Å². The Labute approximate surface area is 107 Å². The molecule has 1 aliphatic rings. The quantitative estimate of drug-likeness (QED) is 0.893. The van der Waals surface area contributed by atoms with Crippen molar-refractivity contribution in [3.8, 4) is 0 Å². The highest BCUT2D eigenvalue weighted by atomic mass is 35.5. The largest absolute Gasteiger partial charge is 0.314 e. The zero-order valence-corrected chi connectivity index (χ0v) is 10.8. The predicted molar refractivity (Wildman–Crippen MR) is 69.0 cm³/mol. The van der Waals surface area contributed by atoms with Crippen LogP contribution in [0.2, 0.25) is 5.02 Å². The Bertz CT molecular complexity index is 363. The van der Waals surface area contributed by atoms with Crippen molar-refractivity contribution in [1.29, 1.82) is 0 Å². The van der Waals surface area contributed by atoms with Gasteiger partial charge in [0.1, 0.15) is 5.82 Å². The van der Waals surface area contributed by atoms with Crippen molar-refractivity contribution in [2.45, 2.75) is 19.4 Å². The molecule has 1 atom stereocenters. The third-order valence-corrected chi connectivity index (χ3v) is 3.70. The molecule has 1 saturated heterocycles. The van der Waals surface area contributed by atoms with Crippen LogP contribution in [0.3, 0.4) is 0 Å². The van der Waals surface area contributed by atoms with Gasteiger partial charge in [0.15, 0.2) is 0 Å². The topological polar surface area (TPSA) is 15.3 Å². The summed E-state index contributed by atoms with van der Waals surface area (Å²) >= 11 is 6.01. The third kappa shape index (κ3) is 3.18. The normalized spacial score (nSPS) is 21.7. The van der Waals surface area contributed by atoms with Gasteiger partial charge in [0.05, 0.1) is 0 Å². The van der Waals surface area contributed by atoms with E-state index in [1.165, 1.54) is 6.07 Å². The van der Waals surface area contributed by atoms with Gasteiger partial charge in [0.2, 0.25) is 0 Å². The molecule has 2 nitrogen and oxygen atoms in total. The number of hydrogen-bond donors (Lipinski definition) is 1. The molecule has 94 valence electrons. The standard InChI is InChI=1S/C13H18ClFN2/c1-10-9-16-6-8-17(10)7-5-11-12(14)3-2-4-13(11)15/h2-4,10,16H,5-9H2,1H3. The summed E-state index contributed by atoms with van der Waals surface area (Å²) in [4.78, 5) is 2.37. The average molecular weight is 257 g/mol. The fourth-order valence-corrected chi connectivity index (χ4v) is 2.50. The zero-order chi connectivity index (χ0) is 12.3. The van der Waals surface area contributed by atoms with Crippen LogP contribution in [0.25, 0.3) is 0 Å². The van der Waals surface area contributed by atoms with Crippen molar-refractivity contribution in [2.75, 3.05) is 26.2 Å². The van der Waals surface area contributed by atoms with E-state index in [2.05, 4.69) is 17.1 Å². The molecule has 1 aromatic carbocycles. The Morgan fingerprint density at radius 1 is 1.53 bits per heavy atom. The van der Waals surface area contributed by atoms with Gasteiger partial charge < -0.3 is 5.32 Å². The van der Waals surface area contributed by atoms with Crippen molar-refractivity contribution in [1.82, 2.24) is 10.2 Å². The number of nitrogens with one attached hydrogen (secondary N) is 1. The highest BCUT2D eigenvalue weighted by Crippen LogP contribution is 2.20. The van der Waals surface area contributed by atoms with Crippen LogP contribution in [-0.4, -0.2) is 37.1 Å². The van der Waals surface area contributed by atoms with Crippen LogP contribution in [0, 0.1) is 5.82 Å². The van der Waals surface area contributed by atoms with Crippen LogP contribution in [0.15, 0.2) is 18.2 Å². The fraction of sp³-hybridized carbons (Fsp3) is 0.538. The van der Waals surface area contributed by atoms with Gasteiger partial charge in [0.25, 0.3) is 0 Å². The summed E-state index contributed by atoms with van der Waals surface area (Å²) in [6.07, 6.45) is 0.676. The van der Waals surface area contributed by atoms with Gasteiger partial charge in [0, 0.05) is 42.8 Å². The Hall–Kier alpha value is -0.640. The number of nitrogens with zero attached hydrogens (tertiary/aromatic N) is 1. The SMILES string of the molecule is CC1CNCCN1CCc1c(F)cccc1Cl. The summed E-state index contributed by atoms with van der Waals surface area (Å²) in [7, 11) is 0. The van der Waals surface area contributed by atoms with Gasteiger partial charge in [-0.1, -0.05) is 17.7 Å². The van der Waals surface area contributed by atoms with Crippen LogP contribution in [0.5, 0.6) is 0 Å². The average Bonchev–Trinajstić information content (AvgIpc) is 2.30. The maximum absolute atomic E-state index is 13.6. The monoisotopic (exact) mass is 256 g/mol. The zero-order valence-electron chi connectivity index (χ0n) is 10.0. The molecule has 0 radical (unpaired) electrons. The van der Waals surface area contributed by atoms with Crippen LogP contribution in [0.1, 0.15) is 12.5 Å². The molecular weight excluding hydrogens is 239 g/mol. The molecule has 1 aliphatic heterocycles. The van der Waals surface area contributed by atoms with Gasteiger partial charge >= 0.3 is 0 Å². The molecule has 0 saturated carbocycles. The summed E-state index contributed by atoms with van der Waals surface area (Å²) in [5.74, 6) is -0.194. The smallest absolute Gasteiger partial charge is 0.127 e. The highest BCUT2D eigenvalue weighted by molar-refractivity contribution is 6.31. The van der Waals surface area contributed by atoms with Crippen molar-refractivity contribution in [3.05, 3.63) is 34.6 Å². The lowest BCUT2D eigenvalue weighted by Crippen LogP contribution is -2.50. The van der Waals surface area contributed by atoms with Crippen LogP contribution in [-0.2, 0) is 6.42 Å². The minimum absolute atomic E-state index is 0.194. The first-order valence-electron chi connectivity index (χ1n) is 6.06. The lowest BCUT2D eigenvalue weighted by molar-refractivity contribution is 0.175. The van der Waals surface area contributed by atoms with Crippen molar-refractivity contribution in [2.24, 2.45) is 0 Å². The number of hydrogen-bond acceptors (Lipinski definition) is 2. The molecule has 2 rings (SSSR count). The van der Waals surface area contributed by atoms with E-state index < -0.39 is 0 Å².